The largest absolute Gasteiger partial charge is 0.388 e. The van der Waals surface area contributed by atoms with Gasteiger partial charge in [0.25, 0.3) is 0 Å². The normalized spacial score (nSPS) is 18.2. The van der Waals surface area contributed by atoms with Gasteiger partial charge in [-0.3, -0.25) is 9.88 Å². The van der Waals surface area contributed by atoms with E-state index in [1.165, 1.54) is 5.56 Å². The summed E-state index contributed by atoms with van der Waals surface area (Å²) >= 11 is 4.94. The van der Waals surface area contributed by atoms with E-state index in [9.17, 15) is 0 Å². The van der Waals surface area contributed by atoms with Gasteiger partial charge in [-0.1, -0.05) is 12.2 Å². The highest BCUT2D eigenvalue weighted by Crippen LogP contribution is 2.08. The number of likely N-dealkylation sites (N-methyl/N-ethyl adjacent to an activating group) is 1. The zero-order chi connectivity index (χ0) is 12.3. The minimum atomic E-state index is 0.366. The van der Waals surface area contributed by atoms with Crippen molar-refractivity contribution in [2.45, 2.75) is 6.54 Å². The first kappa shape index (κ1) is 12.4. The fourth-order valence-electron chi connectivity index (χ4n) is 1.97. The SMILES string of the molecule is CN1CCN(Cc2ccnc(C(N)=S)c2)CC1. The van der Waals surface area contributed by atoms with Gasteiger partial charge in [-0.2, -0.15) is 0 Å². The molecule has 2 heterocycles. The molecule has 4 nitrogen and oxygen atoms in total. The number of aromatic nitrogens is 1. The van der Waals surface area contributed by atoms with E-state index in [0.717, 1.165) is 32.7 Å². The molecule has 0 aromatic carbocycles. The Balaban J connectivity index is 1.98. The van der Waals surface area contributed by atoms with E-state index in [2.05, 4.69) is 21.8 Å². The van der Waals surface area contributed by atoms with Crippen molar-refractivity contribution in [2.24, 2.45) is 5.73 Å². The first-order valence-corrected chi connectivity index (χ1v) is 6.21. The van der Waals surface area contributed by atoms with Gasteiger partial charge in [-0.05, 0) is 24.7 Å². The van der Waals surface area contributed by atoms with Crippen molar-refractivity contribution in [2.75, 3.05) is 33.2 Å². The molecule has 0 radical (unpaired) electrons. The van der Waals surface area contributed by atoms with Gasteiger partial charge in [0.15, 0.2) is 0 Å². The highest BCUT2D eigenvalue weighted by molar-refractivity contribution is 7.80. The Morgan fingerprint density at radius 1 is 1.41 bits per heavy atom. The highest BCUT2D eigenvalue weighted by Gasteiger charge is 2.14. The molecule has 0 spiro atoms. The second kappa shape index (κ2) is 5.53. The molecule has 1 aromatic rings. The smallest absolute Gasteiger partial charge is 0.122 e. The van der Waals surface area contributed by atoms with Gasteiger partial charge in [0.05, 0.1) is 5.69 Å². The van der Waals surface area contributed by atoms with E-state index < -0.39 is 0 Å². The van der Waals surface area contributed by atoms with Crippen LogP contribution in [0.5, 0.6) is 0 Å². The Hall–Kier alpha value is -1.04. The predicted octanol–water partition coefficient (Wildman–Crippen LogP) is 0.463. The van der Waals surface area contributed by atoms with Crippen LogP contribution < -0.4 is 5.73 Å². The zero-order valence-corrected chi connectivity index (χ0v) is 10.9. The van der Waals surface area contributed by atoms with Gasteiger partial charge in [0.2, 0.25) is 0 Å². The standard InChI is InChI=1S/C12H18N4S/c1-15-4-6-16(7-5-15)9-10-2-3-14-11(8-10)12(13)17/h2-3,8H,4-7,9H2,1H3,(H2,13,17). The maximum Gasteiger partial charge on any atom is 0.122 e. The first-order chi connectivity index (χ1) is 8.15. The number of hydrogen-bond acceptors (Lipinski definition) is 4. The molecule has 5 heteroatoms. The van der Waals surface area contributed by atoms with Crippen LogP contribution in [0.25, 0.3) is 0 Å². The van der Waals surface area contributed by atoms with Crippen molar-refractivity contribution in [3.05, 3.63) is 29.6 Å². The topological polar surface area (TPSA) is 45.4 Å². The number of hydrogen-bond donors (Lipinski definition) is 1. The molecule has 1 aromatic heterocycles. The van der Waals surface area contributed by atoms with Crippen LogP contribution in [0.4, 0.5) is 0 Å². The molecule has 0 atom stereocenters. The van der Waals surface area contributed by atoms with E-state index in [0.29, 0.717) is 10.7 Å². The van der Waals surface area contributed by atoms with Gasteiger partial charge in [0.1, 0.15) is 4.99 Å². The number of pyridine rings is 1. The summed E-state index contributed by atoms with van der Waals surface area (Å²) in [7, 11) is 2.16. The van der Waals surface area contributed by atoms with Crippen LogP contribution in [-0.2, 0) is 6.54 Å². The molecule has 1 fully saturated rings. The van der Waals surface area contributed by atoms with Gasteiger partial charge < -0.3 is 10.6 Å². The van der Waals surface area contributed by atoms with E-state index in [1.807, 2.05) is 12.1 Å². The Kier molecular flexibility index (Phi) is 4.04. The minimum absolute atomic E-state index is 0.366. The van der Waals surface area contributed by atoms with Crippen LogP contribution in [0.3, 0.4) is 0 Å². The number of thiocarbonyl (C=S) groups is 1. The van der Waals surface area contributed by atoms with Crippen molar-refractivity contribution in [1.82, 2.24) is 14.8 Å². The molecular weight excluding hydrogens is 232 g/mol. The molecule has 1 aliphatic rings. The molecule has 17 heavy (non-hydrogen) atoms. The third kappa shape index (κ3) is 3.46. The maximum atomic E-state index is 5.58. The maximum absolute atomic E-state index is 5.58. The Morgan fingerprint density at radius 2 is 2.12 bits per heavy atom. The lowest BCUT2D eigenvalue weighted by atomic mass is 10.2. The van der Waals surface area contributed by atoms with Crippen molar-refractivity contribution >= 4 is 17.2 Å². The predicted molar refractivity (Wildman–Crippen MR) is 72.9 cm³/mol. The van der Waals surface area contributed by atoms with Gasteiger partial charge in [-0.25, -0.2) is 0 Å². The second-order valence-corrected chi connectivity index (χ2v) is 4.93. The van der Waals surface area contributed by atoms with Crippen molar-refractivity contribution < 1.29 is 0 Å². The number of piperazine rings is 1. The minimum Gasteiger partial charge on any atom is -0.388 e. The summed E-state index contributed by atoms with van der Waals surface area (Å²) in [5.41, 5.74) is 7.53. The lowest BCUT2D eigenvalue weighted by molar-refractivity contribution is 0.148. The number of nitrogens with zero attached hydrogens (tertiary/aromatic N) is 3. The molecule has 1 saturated heterocycles. The summed E-state index contributed by atoms with van der Waals surface area (Å²) < 4.78 is 0. The zero-order valence-electron chi connectivity index (χ0n) is 10.1. The number of rotatable bonds is 3. The lowest BCUT2D eigenvalue weighted by Crippen LogP contribution is -2.43. The highest BCUT2D eigenvalue weighted by atomic mass is 32.1. The van der Waals surface area contributed by atoms with Crippen LogP contribution in [0.2, 0.25) is 0 Å². The quantitative estimate of drug-likeness (QED) is 0.790. The van der Waals surface area contributed by atoms with Crippen LogP contribution in [0.1, 0.15) is 11.3 Å². The van der Waals surface area contributed by atoms with Crippen molar-refractivity contribution in [1.29, 1.82) is 0 Å². The molecule has 2 N–H and O–H groups in total. The third-order valence-electron chi connectivity index (χ3n) is 3.08. The summed E-state index contributed by atoms with van der Waals surface area (Å²) in [6.45, 7) is 5.44. The lowest BCUT2D eigenvalue weighted by Gasteiger charge is -2.32. The van der Waals surface area contributed by atoms with E-state index in [1.54, 1.807) is 6.20 Å². The average Bonchev–Trinajstić information content (AvgIpc) is 2.32. The van der Waals surface area contributed by atoms with Crippen molar-refractivity contribution in [3.8, 4) is 0 Å². The summed E-state index contributed by atoms with van der Waals surface area (Å²) in [6, 6.07) is 4.01. The first-order valence-electron chi connectivity index (χ1n) is 5.81. The van der Waals surface area contributed by atoms with Gasteiger partial charge in [0, 0.05) is 38.9 Å². The van der Waals surface area contributed by atoms with Crippen LogP contribution in [0, 0.1) is 0 Å². The van der Waals surface area contributed by atoms with Gasteiger partial charge >= 0.3 is 0 Å². The fourth-order valence-corrected chi connectivity index (χ4v) is 2.08. The van der Waals surface area contributed by atoms with E-state index in [4.69, 9.17) is 18.0 Å². The van der Waals surface area contributed by atoms with E-state index in [-0.39, 0.29) is 0 Å². The summed E-state index contributed by atoms with van der Waals surface area (Å²) in [5, 5.41) is 0. The molecule has 1 aliphatic heterocycles. The summed E-state index contributed by atoms with van der Waals surface area (Å²) in [4.78, 5) is 9.31. The second-order valence-electron chi connectivity index (χ2n) is 4.49. The molecule has 0 bridgehead atoms. The fraction of sp³-hybridized carbons (Fsp3) is 0.500. The van der Waals surface area contributed by atoms with Crippen LogP contribution in [0.15, 0.2) is 18.3 Å². The van der Waals surface area contributed by atoms with Crippen LogP contribution in [-0.4, -0.2) is 53.0 Å². The monoisotopic (exact) mass is 250 g/mol. The third-order valence-corrected chi connectivity index (χ3v) is 3.29. The summed E-state index contributed by atoms with van der Waals surface area (Å²) in [5.74, 6) is 0. The van der Waals surface area contributed by atoms with Crippen molar-refractivity contribution in [3.63, 3.8) is 0 Å². The molecule has 0 amide bonds. The molecule has 0 unspecified atom stereocenters. The Labute approximate surface area is 107 Å². The molecular formula is C12H18N4S. The summed E-state index contributed by atoms with van der Waals surface area (Å²) in [6.07, 6.45) is 1.78. The molecule has 2 rings (SSSR count). The number of nitrogens with two attached hydrogens (primary N) is 1. The van der Waals surface area contributed by atoms with E-state index >= 15 is 0 Å². The Bertz CT molecular complexity index is 399. The molecule has 0 saturated carbocycles. The average molecular weight is 250 g/mol. The molecule has 92 valence electrons. The molecule has 0 aliphatic carbocycles. The van der Waals surface area contributed by atoms with Gasteiger partial charge in [-0.15, -0.1) is 0 Å². The Morgan fingerprint density at radius 3 is 2.76 bits per heavy atom. The van der Waals surface area contributed by atoms with Crippen LogP contribution >= 0.6 is 12.2 Å².